The van der Waals surface area contributed by atoms with E-state index in [-0.39, 0.29) is 0 Å². The van der Waals surface area contributed by atoms with Crippen molar-refractivity contribution in [2.45, 2.75) is 19.4 Å². The molecule has 7 nitrogen and oxygen atoms in total. The summed E-state index contributed by atoms with van der Waals surface area (Å²) in [5, 5.41) is 11.7. The molecule has 4 aromatic rings. The zero-order valence-electron chi connectivity index (χ0n) is 18.7. The molecule has 168 valence electrons. The van der Waals surface area contributed by atoms with Crippen LogP contribution in [0.15, 0.2) is 59.2 Å². The summed E-state index contributed by atoms with van der Waals surface area (Å²) < 4.78 is 18.4. The number of methoxy groups -OCH3 is 3. The van der Waals surface area contributed by atoms with Crippen LogP contribution in [0, 0.1) is 0 Å². The molecule has 5 rings (SSSR count). The molecule has 0 spiro atoms. The van der Waals surface area contributed by atoms with Crippen molar-refractivity contribution in [2.24, 2.45) is 4.99 Å². The van der Waals surface area contributed by atoms with Crippen molar-refractivity contribution in [3.05, 3.63) is 82.3 Å². The molecule has 0 bridgehead atoms. The molecule has 0 unspecified atom stereocenters. The predicted molar refractivity (Wildman–Crippen MR) is 129 cm³/mol. The zero-order chi connectivity index (χ0) is 22.8. The summed E-state index contributed by atoms with van der Waals surface area (Å²) in [7, 11) is 4.88. The Labute approximate surface area is 196 Å². The summed E-state index contributed by atoms with van der Waals surface area (Å²) in [5.41, 5.74) is 5.46. The third-order valence-corrected chi connectivity index (χ3v) is 6.72. The number of aryl methyl sites for hydroxylation is 2. The van der Waals surface area contributed by atoms with Gasteiger partial charge >= 0.3 is 0 Å². The van der Waals surface area contributed by atoms with Crippen LogP contribution in [0.2, 0.25) is 0 Å². The van der Waals surface area contributed by atoms with Gasteiger partial charge in [0.1, 0.15) is 17.0 Å². The fraction of sp³-hybridized carbons (Fsp3) is 0.240. The second-order valence-electron chi connectivity index (χ2n) is 7.67. The van der Waals surface area contributed by atoms with Crippen LogP contribution in [-0.4, -0.2) is 41.8 Å². The average Bonchev–Trinajstić information content (AvgIpc) is 3.50. The van der Waals surface area contributed by atoms with Gasteiger partial charge in [0.05, 0.1) is 27.9 Å². The van der Waals surface area contributed by atoms with Crippen LogP contribution in [0.25, 0.3) is 5.00 Å². The molecule has 0 amide bonds. The highest BCUT2D eigenvalue weighted by Gasteiger charge is 2.21. The number of aliphatic imine (C=N–C) groups is 1. The van der Waals surface area contributed by atoms with Crippen molar-refractivity contribution < 1.29 is 14.2 Å². The Hall–Kier alpha value is -3.65. The van der Waals surface area contributed by atoms with E-state index in [1.54, 1.807) is 39.0 Å². The van der Waals surface area contributed by atoms with Crippen molar-refractivity contribution in [1.82, 2.24) is 14.8 Å². The maximum atomic E-state index is 5.47. The van der Waals surface area contributed by atoms with E-state index in [0.717, 1.165) is 40.5 Å². The van der Waals surface area contributed by atoms with Crippen LogP contribution >= 0.6 is 11.3 Å². The van der Waals surface area contributed by atoms with Crippen LogP contribution in [0.3, 0.4) is 0 Å². The number of hydrogen-bond acceptors (Lipinski definition) is 7. The number of nitrogens with zero attached hydrogens (tertiary/aromatic N) is 4. The first kappa shape index (κ1) is 21.2. The molecular formula is C25H24N4O3S. The van der Waals surface area contributed by atoms with Gasteiger partial charge in [0.2, 0.25) is 5.75 Å². The lowest BCUT2D eigenvalue weighted by atomic mass is 10.0. The minimum Gasteiger partial charge on any atom is -0.493 e. The molecule has 0 N–H and O–H groups in total. The number of rotatable bonds is 7. The smallest absolute Gasteiger partial charge is 0.203 e. The number of aromatic nitrogens is 3. The third-order valence-electron chi connectivity index (χ3n) is 5.76. The first-order valence-electron chi connectivity index (χ1n) is 10.6. The molecule has 0 atom stereocenters. The molecule has 0 saturated carbocycles. The number of benzene rings is 2. The summed E-state index contributed by atoms with van der Waals surface area (Å²) in [4.78, 5) is 4.86. The lowest BCUT2D eigenvalue weighted by Crippen LogP contribution is -2.09. The van der Waals surface area contributed by atoms with Crippen LogP contribution in [0.4, 0.5) is 0 Å². The molecule has 1 aliphatic rings. The normalized spacial score (nSPS) is 12.4. The molecule has 1 aliphatic heterocycles. The Balaban J connectivity index is 1.35. The van der Waals surface area contributed by atoms with E-state index in [1.165, 1.54) is 11.1 Å². The topological polar surface area (TPSA) is 70.8 Å². The van der Waals surface area contributed by atoms with Gasteiger partial charge < -0.3 is 14.2 Å². The second-order valence-corrected chi connectivity index (χ2v) is 8.57. The van der Waals surface area contributed by atoms with Crippen molar-refractivity contribution in [3.63, 3.8) is 0 Å². The average molecular weight is 461 g/mol. The monoisotopic (exact) mass is 460 g/mol. The van der Waals surface area contributed by atoms with E-state index in [9.17, 15) is 0 Å². The Bertz CT molecular complexity index is 1280. The number of ether oxygens (including phenoxy) is 3. The molecule has 0 aliphatic carbocycles. The maximum absolute atomic E-state index is 5.47. The molecule has 0 saturated heterocycles. The minimum absolute atomic E-state index is 0.611. The molecular weight excluding hydrogens is 436 g/mol. The Morgan fingerprint density at radius 1 is 0.909 bits per heavy atom. The van der Waals surface area contributed by atoms with Crippen molar-refractivity contribution in [2.75, 3.05) is 21.3 Å². The van der Waals surface area contributed by atoms with E-state index in [1.807, 2.05) is 16.7 Å². The largest absolute Gasteiger partial charge is 0.493 e. The van der Waals surface area contributed by atoms with Gasteiger partial charge in [-0.2, -0.15) is 0 Å². The van der Waals surface area contributed by atoms with Crippen molar-refractivity contribution >= 4 is 17.0 Å². The summed E-state index contributed by atoms with van der Waals surface area (Å²) in [5.74, 6) is 2.73. The maximum Gasteiger partial charge on any atom is 0.203 e. The number of thiophene rings is 1. The molecule has 33 heavy (non-hydrogen) atoms. The van der Waals surface area contributed by atoms with Gasteiger partial charge in [-0.25, -0.2) is 0 Å². The summed E-state index contributed by atoms with van der Waals surface area (Å²) >= 11 is 1.68. The quantitative estimate of drug-likeness (QED) is 0.406. The summed E-state index contributed by atoms with van der Waals surface area (Å²) in [6, 6.07) is 14.6. The molecule has 0 fully saturated rings. The molecule has 3 heterocycles. The van der Waals surface area contributed by atoms with Gasteiger partial charge in [0.15, 0.2) is 17.3 Å². The Morgan fingerprint density at radius 3 is 2.33 bits per heavy atom. The van der Waals surface area contributed by atoms with Gasteiger partial charge in [0, 0.05) is 11.1 Å². The SMILES string of the molecule is COc1cc(CCc2ccc(C3=NCc4ccsc4-n4cnnc43)cc2)cc(OC)c1OC. The van der Waals surface area contributed by atoms with E-state index in [0.29, 0.717) is 23.8 Å². The van der Waals surface area contributed by atoms with Gasteiger partial charge in [-0.1, -0.05) is 24.3 Å². The highest BCUT2D eigenvalue weighted by molar-refractivity contribution is 7.12. The fourth-order valence-corrected chi connectivity index (χ4v) is 4.95. The van der Waals surface area contributed by atoms with E-state index >= 15 is 0 Å². The Kier molecular flexibility index (Phi) is 5.83. The molecule has 8 heteroatoms. The minimum atomic E-state index is 0.611. The van der Waals surface area contributed by atoms with Gasteiger partial charge in [-0.05, 0) is 47.5 Å². The van der Waals surface area contributed by atoms with Crippen LogP contribution in [0.1, 0.15) is 28.1 Å². The highest BCUT2D eigenvalue weighted by atomic mass is 32.1. The Morgan fingerprint density at radius 2 is 1.64 bits per heavy atom. The van der Waals surface area contributed by atoms with E-state index < -0.39 is 0 Å². The van der Waals surface area contributed by atoms with E-state index in [2.05, 4.69) is 45.9 Å². The van der Waals surface area contributed by atoms with Gasteiger partial charge in [0.25, 0.3) is 0 Å². The summed E-state index contributed by atoms with van der Waals surface area (Å²) in [6.45, 7) is 0.639. The van der Waals surface area contributed by atoms with Crippen LogP contribution in [-0.2, 0) is 19.4 Å². The first-order chi connectivity index (χ1) is 16.2. The van der Waals surface area contributed by atoms with E-state index in [4.69, 9.17) is 19.2 Å². The molecule has 0 radical (unpaired) electrons. The lowest BCUT2D eigenvalue weighted by Gasteiger charge is -2.14. The molecule has 2 aromatic heterocycles. The standard InChI is InChI=1S/C25H24N4O3S/c1-30-20-12-17(13-21(31-2)23(20)32-3)5-4-16-6-8-18(9-7-16)22-24-28-27-15-29(24)25-19(14-26-22)10-11-33-25/h6-13,15H,4-5,14H2,1-3H3. The van der Waals surface area contributed by atoms with Crippen LogP contribution < -0.4 is 14.2 Å². The molecule has 2 aromatic carbocycles. The van der Waals surface area contributed by atoms with Gasteiger partial charge in [-0.15, -0.1) is 21.5 Å². The third kappa shape index (κ3) is 3.98. The lowest BCUT2D eigenvalue weighted by molar-refractivity contribution is 0.324. The van der Waals surface area contributed by atoms with Crippen molar-refractivity contribution in [3.8, 4) is 22.2 Å². The van der Waals surface area contributed by atoms with Crippen molar-refractivity contribution in [1.29, 1.82) is 0 Å². The highest BCUT2D eigenvalue weighted by Crippen LogP contribution is 2.38. The second kappa shape index (κ2) is 9.07. The van der Waals surface area contributed by atoms with Gasteiger partial charge in [-0.3, -0.25) is 9.56 Å². The zero-order valence-corrected chi connectivity index (χ0v) is 19.6. The summed E-state index contributed by atoms with van der Waals surface area (Å²) in [6.07, 6.45) is 3.50. The predicted octanol–water partition coefficient (Wildman–Crippen LogP) is 4.49. The first-order valence-corrected chi connectivity index (χ1v) is 11.5. The number of hydrogen-bond donors (Lipinski definition) is 0. The fourth-order valence-electron chi connectivity index (χ4n) is 4.06. The number of fused-ring (bicyclic) bond motifs is 3. The van der Waals surface area contributed by atoms with Crippen LogP contribution in [0.5, 0.6) is 17.2 Å².